The van der Waals surface area contributed by atoms with Crippen LogP contribution < -0.4 is 0 Å². The molecular weight excluding hydrogens is 256 g/mol. The average Bonchev–Trinajstić information content (AvgIpc) is 1.54. The van der Waals surface area contributed by atoms with Crippen molar-refractivity contribution in [2.24, 2.45) is 5.92 Å². The van der Waals surface area contributed by atoms with Crippen molar-refractivity contribution in [2.75, 3.05) is 0 Å². The highest BCUT2D eigenvalue weighted by Crippen LogP contribution is 2.48. The van der Waals surface area contributed by atoms with Gasteiger partial charge in [-0.25, -0.2) is 0 Å². The fourth-order valence-corrected chi connectivity index (χ4v) is 3.49. The van der Waals surface area contributed by atoms with Gasteiger partial charge >= 0.3 is 7.60 Å². The Morgan fingerprint density at radius 3 is 1.91 bits per heavy atom. The molecule has 7 heteroatoms. The molecule has 0 rings (SSSR count). The van der Waals surface area contributed by atoms with Gasteiger partial charge < -0.3 is 9.79 Å². The van der Waals surface area contributed by atoms with Gasteiger partial charge in [-0.1, -0.05) is 13.8 Å². The van der Waals surface area contributed by atoms with Crippen molar-refractivity contribution in [1.82, 2.24) is 3.45 Å². The molecule has 1 unspecified atom stereocenters. The van der Waals surface area contributed by atoms with E-state index in [2.05, 4.69) is 16.1 Å². The van der Waals surface area contributed by atoms with Gasteiger partial charge in [-0.2, -0.15) is 0 Å². The van der Waals surface area contributed by atoms with Gasteiger partial charge in [-0.05, 0) is 17.7 Å². The van der Waals surface area contributed by atoms with Gasteiger partial charge in [0.05, 0.1) is 0 Å². The topological polar surface area (TPSA) is 60.8 Å². The highest BCUT2D eigenvalue weighted by molar-refractivity contribution is 9.08. The highest BCUT2D eigenvalue weighted by atomic mass is 79.9. The average molecular weight is 266 g/mol. The van der Waals surface area contributed by atoms with Crippen molar-refractivity contribution in [3.63, 3.8) is 0 Å². The van der Waals surface area contributed by atoms with E-state index in [1.165, 1.54) is 0 Å². The lowest BCUT2D eigenvalue weighted by atomic mass is 10.2. The molecule has 0 aliphatic heterocycles. The van der Waals surface area contributed by atoms with Crippen LogP contribution in [-0.4, -0.2) is 19.0 Å². The minimum atomic E-state index is -4.14. The number of halogens is 2. The Morgan fingerprint density at radius 1 is 1.55 bits per heavy atom. The van der Waals surface area contributed by atoms with E-state index in [1.807, 2.05) is 0 Å². The van der Waals surface area contributed by atoms with E-state index in [-0.39, 0.29) is 5.92 Å². The third-order valence-electron chi connectivity index (χ3n) is 1.14. The molecule has 0 heterocycles. The third kappa shape index (κ3) is 3.87. The van der Waals surface area contributed by atoms with E-state index in [0.717, 1.165) is 3.45 Å². The summed E-state index contributed by atoms with van der Waals surface area (Å²) in [7, 11) is -4.14. The molecule has 11 heavy (non-hydrogen) atoms. The predicted molar refractivity (Wildman–Crippen MR) is 47.3 cm³/mol. The first-order valence-electron chi connectivity index (χ1n) is 2.93. The molecule has 0 aliphatic rings. The summed E-state index contributed by atoms with van der Waals surface area (Å²) in [6.45, 7) is 3.36. The van der Waals surface area contributed by atoms with Crippen LogP contribution in [0, 0.1) is 5.92 Å². The van der Waals surface area contributed by atoms with Crippen molar-refractivity contribution in [3.05, 3.63) is 0 Å². The Balaban J connectivity index is 4.49. The first-order chi connectivity index (χ1) is 4.76. The fourth-order valence-electron chi connectivity index (χ4n) is 0.727. The number of hydrogen-bond donors (Lipinski definition) is 2. The molecule has 0 aromatic carbocycles. The summed E-state index contributed by atoms with van der Waals surface area (Å²) < 4.78 is 11.6. The lowest BCUT2D eigenvalue weighted by molar-refractivity contribution is 0.319. The quantitative estimate of drug-likeness (QED) is 0.605. The van der Waals surface area contributed by atoms with Gasteiger partial charge in [0.2, 0.25) is 0 Å². The van der Waals surface area contributed by atoms with Crippen molar-refractivity contribution >= 4 is 35.5 Å². The van der Waals surface area contributed by atoms with E-state index >= 15 is 0 Å². The minimum Gasteiger partial charge on any atom is -0.323 e. The van der Waals surface area contributed by atoms with Crippen LogP contribution in [0.4, 0.5) is 0 Å². The second-order valence-corrected chi connectivity index (χ2v) is 5.75. The van der Waals surface area contributed by atoms with Crippen molar-refractivity contribution in [2.45, 2.75) is 19.6 Å². The number of nitrogens with zero attached hydrogens (tertiary/aromatic N) is 1. The normalized spacial score (nSPS) is 16.0. The molecule has 4 nitrogen and oxygen atoms in total. The third-order valence-corrected chi connectivity index (χ3v) is 3.76. The van der Waals surface area contributed by atoms with Crippen LogP contribution >= 0.6 is 35.5 Å². The molecule has 2 N–H and O–H groups in total. The molecular formula is C4H10BrClNO3P. The Labute approximate surface area is 79.1 Å². The Hall–Kier alpha value is 0.880. The zero-order chi connectivity index (χ0) is 9.23. The summed E-state index contributed by atoms with van der Waals surface area (Å²) in [5, 5.41) is 0. The lowest BCUT2D eigenvalue weighted by Gasteiger charge is -2.23. The number of hydrogen-bond acceptors (Lipinski definition) is 2. The molecule has 0 saturated heterocycles. The van der Waals surface area contributed by atoms with E-state index in [1.54, 1.807) is 13.8 Å². The van der Waals surface area contributed by atoms with E-state index in [0.29, 0.717) is 0 Å². The second kappa shape index (κ2) is 4.21. The van der Waals surface area contributed by atoms with Crippen LogP contribution in [0.1, 0.15) is 13.8 Å². The Bertz CT molecular complexity index is 163. The maximum atomic E-state index is 10.8. The Morgan fingerprint density at radius 2 is 1.91 bits per heavy atom. The lowest BCUT2D eigenvalue weighted by Crippen LogP contribution is -2.24. The van der Waals surface area contributed by atoms with Crippen LogP contribution in [-0.2, 0) is 4.57 Å². The van der Waals surface area contributed by atoms with Gasteiger partial charge in [0, 0.05) is 16.1 Å². The predicted octanol–water partition coefficient (Wildman–Crippen LogP) is 1.91. The maximum absolute atomic E-state index is 10.8. The SMILES string of the molecule is CC(C)C(N(Cl)Br)P(=O)(O)O. The maximum Gasteiger partial charge on any atom is 0.345 e. The highest BCUT2D eigenvalue weighted by Gasteiger charge is 2.35. The van der Waals surface area contributed by atoms with Crippen molar-refractivity contribution in [1.29, 1.82) is 0 Å². The van der Waals surface area contributed by atoms with E-state index < -0.39 is 13.4 Å². The molecule has 0 radical (unpaired) electrons. The molecule has 0 amide bonds. The summed E-state index contributed by atoms with van der Waals surface area (Å²) in [5.41, 5.74) is 0. The molecule has 0 spiro atoms. The van der Waals surface area contributed by atoms with Gasteiger partial charge in [-0.3, -0.25) is 4.57 Å². The molecule has 0 aromatic rings. The first kappa shape index (κ1) is 11.9. The fraction of sp³-hybridized carbons (Fsp3) is 1.00. The zero-order valence-electron chi connectivity index (χ0n) is 6.11. The summed E-state index contributed by atoms with van der Waals surface area (Å²) >= 11 is 8.16. The van der Waals surface area contributed by atoms with E-state index in [4.69, 9.17) is 21.6 Å². The molecule has 0 saturated carbocycles. The summed E-state index contributed by atoms with van der Waals surface area (Å²) in [5.74, 6) is -1.20. The van der Waals surface area contributed by atoms with Crippen LogP contribution in [0.2, 0.25) is 0 Å². The van der Waals surface area contributed by atoms with Gasteiger partial charge in [0.25, 0.3) is 0 Å². The Kier molecular flexibility index (Phi) is 4.55. The van der Waals surface area contributed by atoms with Gasteiger partial charge in [0.1, 0.15) is 5.78 Å². The van der Waals surface area contributed by atoms with Crippen LogP contribution in [0.15, 0.2) is 0 Å². The minimum absolute atomic E-state index is 0.215. The molecule has 1 atom stereocenters. The molecule has 0 aliphatic carbocycles. The van der Waals surface area contributed by atoms with Gasteiger partial charge in [0.15, 0.2) is 0 Å². The molecule has 68 valence electrons. The smallest absolute Gasteiger partial charge is 0.323 e. The monoisotopic (exact) mass is 265 g/mol. The van der Waals surface area contributed by atoms with Crippen molar-refractivity contribution in [3.8, 4) is 0 Å². The van der Waals surface area contributed by atoms with Crippen molar-refractivity contribution < 1.29 is 14.4 Å². The van der Waals surface area contributed by atoms with Crippen LogP contribution in [0.3, 0.4) is 0 Å². The largest absolute Gasteiger partial charge is 0.345 e. The summed E-state index contributed by atoms with van der Waals surface area (Å²) in [6, 6.07) is 0. The zero-order valence-corrected chi connectivity index (χ0v) is 9.34. The standard InChI is InChI=1S/C4H10BrClNO3P/c1-3(2)4(7(5)6)11(8,9)10/h3-4H,1-2H3,(H2,8,9,10). The summed E-state index contributed by atoms with van der Waals surface area (Å²) in [6.07, 6.45) is 0. The van der Waals surface area contributed by atoms with E-state index in [9.17, 15) is 4.57 Å². The number of rotatable bonds is 3. The van der Waals surface area contributed by atoms with Crippen LogP contribution in [0.25, 0.3) is 0 Å². The molecule has 0 fully saturated rings. The summed E-state index contributed by atoms with van der Waals surface area (Å²) in [4.78, 5) is 17.5. The second-order valence-electron chi connectivity index (χ2n) is 2.51. The molecule has 0 bridgehead atoms. The van der Waals surface area contributed by atoms with Gasteiger partial charge in [-0.15, -0.1) is 3.45 Å². The van der Waals surface area contributed by atoms with Crippen LogP contribution in [0.5, 0.6) is 0 Å². The first-order valence-corrected chi connectivity index (χ1v) is 5.65. The molecule has 0 aromatic heterocycles.